The minimum Gasteiger partial charge on any atom is -0.309 e. The van der Waals surface area contributed by atoms with Crippen molar-refractivity contribution in [1.82, 2.24) is 10.2 Å². The summed E-state index contributed by atoms with van der Waals surface area (Å²) in [6.07, 6.45) is -2.29. The second kappa shape index (κ2) is 5.61. The summed E-state index contributed by atoms with van der Waals surface area (Å²) in [4.78, 5) is 2.06. The third kappa shape index (κ3) is 6.27. The Balaban J connectivity index is 3.86. The van der Waals surface area contributed by atoms with Crippen LogP contribution in [0, 0.1) is 5.41 Å². The van der Waals surface area contributed by atoms with Gasteiger partial charge in [0.1, 0.15) is 0 Å². The quantitative estimate of drug-likeness (QED) is 0.716. The zero-order chi connectivity index (χ0) is 11.4. The molecule has 14 heavy (non-hydrogen) atoms. The lowest BCUT2D eigenvalue weighted by Crippen LogP contribution is -2.43. The van der Waals surface area contributed by atoms with Gasteiger partial charge in [-0.25, -0.2) is 8.78 Å². The smallest absolute Gasteiger partial charge is 0.253 e. The van der Waals surface area contributed by atoms with E-state index in [1.54, 1.807) is 0 Å². The first kappa shape index (κ1) is 13.8. The molecule has 0 aliphatic carbocycles. The molecule has 0 aliphatic rings. The van der Waals surface area contributed by atoms with Crippen LogP contribution in [0.5, 0.6) is 0 Å². The van der Waals surface area contributed by atoms with Gasteiger partial charge in [-0.2, -0.15) is 0 Å². The van der Waals surface area contributed by atoms with Crippen molar-refractivity contribution in [3.63, 3.8) is 0 Å². The van der Waals surface area contributed by atoms with Crippen molar-refractivity contribution < 1.29 is 8.78 Å². The molecule has 0 aromatic heterocycles. The number of rotatable bonds is 6. The zero-order valence-corrected chi connectivity index (χ0v) is 9.77. The highest BCUT2D eigenvalue weighted by atomic mass is 19.3. The lowest BCUT2D eigenvalue weighted by molar-refractivity contribution is 0.0974. The highest BCUT2D eigenvalue weighted by molar-refractivity contribution is 4.76. The van der Waals surface area contributed by atoms with Crippen LogP contribution >= 0.6 is 0 Å². The van der Waals surface area contributed by atoms with E-state index >= 15 is 0 Å². The lowest BCUT2D eigenvalue weighted by atomic mass is 9.92. The summed E-state index contributed by atoms with van der Waals surface area (Å²) < 4.78 is 24.4. The van der Waals surface area contributed by atoms with Crippen LogP contribution in [0.4, 0.5) is 8.78 Å². The normalized spacial score (nSPS) is 15.2. The Hall–Kier alpha value is -0.220. The number of hydrogen-bond donors (Lipinski definition) is 1. The number of halogens is 2. The van der Waals surface area contributed by atoms with Gasteiger partial charge in [0.2, 0.25) is 0 Å². The van der Waals surface area contributed by atoms with Crippen LogP contribution in [0.3, 0.4) is 0 Å². The number of nitrogens with zero attached hydrogens (tertiary/aromatic N) is 1. The summed E-state index contributed by atoms with van der Waals surface area (Å²) in [6, 6.07) is -0.726. The third-order valence-corrected chi connectivity index (χ3v) is 2.02. The molecule has 0 spiro atoms. The molecule has 0 radical (unpaired) electrons. The fourth-order valence-electron chi connectivity index (χ4n) is 1.44. The molecule has 1 atom stereocenters. The Labute approximate surface area is 85.7 Å². The molecule has 2 nitrogen and oxygen atoms in total. The average molecular weight is 208 g/mol. The van der Waals surface area contributed by atoms with Crippen molar-refractivity contribution >= 4 is 0 Å². The maximum absolute atomic E-state index is 12.2. The number of hydrogen-bond acceptors (Lipinski definition) is 2. The number of nitrogens with one attached hydrogen (secondary N) is 1. The molecule has 1 N–H and O–H groups in total. The predicted molar refractivity (Wildman–Crippen MR) is 55.8 cm³/mol. The highest BCUT2D eigenvalue weighted by Crippen LogP contribution is 2.15. The van der Waals surface area contributed by atoms with Crippen molar-refractivity contribution in [3.8, 4) is 0 Å². The van der Waals surface area contributed by atoms with Crippen LogP contribution in [0.1, 0.15) is 20.8 Å². The molecule has 0 aromatic carbocycles. The molecule has 0 saturated carbocycles. The summed E-state index contributed by atoms with van der Waals surface area (Å²) in [6.45, 7) is 7.14. The largest absolute Gasteiger partial charge is 0.309 e. The Morgan fingerprint density at radius 2 is 1.79 bits per heavy atom. The molecule has 4 heteroatoms. The molecule has 0 amide bonds. The molecule has 0 saturated heterocycles. The molecule has 0 aliphatic heterocycles. The van der Waals surface area contributed by atoms with E-state index in [0.717, 1.165) is 6.54 Å². The average Bonchev–Trinajstić information content (AvgIpc) is 1.97. The van der Waals surface area contributed by atoms with Crippen molar-refractivity contribution in [2.75, 3.05) is 27.2 Å². The predicted octanol–water partition coefficient (Wildman–Crippen LogP) is 1.82. The van der Waals surface area contributed by atoms with Crippen LogP contribution in [0.2, 0.25) is 0 Å². The van der Waals surface area contributed by atoms with E-state index in [-0.39, 0.29) is 5.41 Å². The fraction of sp³-hybridized carbons (Fsp3) is 1.00. The van der Waals surface area contributed by atoms with Crippen molar-refractivity contribution in [1.29, 1.82) is 0 Å². The standard InChI is InChI=1S/C10H22F2N2/c1-8(9(11)12)13-6-10(2,3)7-14(4)5/h8-9,13H,6-7H2,1-5H3. The molecular weight excluding hydrogens is 186 g/mol. The lowest BCUT2D eigenvalue weighted by Gasteiger charge is -2.29. The first-order valence-electron chi connectivity index (χ1n) is 4.91. The van der Waals surface area contributed by atoms with E-state index in [1.807, 2.05) is 14.1 Å². The Morgan fingerprint density at radius 3 is 2.14 bits per heavy atom. The van der Waals surface area contributed by atoms with Crippen molar-refractivity contribution in [2.24, 2.45) is 5.41 Å². The van der Waals surface area contributed by atoms with Crippen LogP contribution in [0.25, 0.3) is 0 Å². The maximum atomic E-state index is 12.2. The monoisotopic (exact) mass is 208 g/mol. The summed E-state index contributed by atoms with van der Waals surface area (Å²) >= 11 is 0. The van der Waals surface area contributed by atoms with Gasteiger partial charge in [-0.3, -0.25) is 0 Å². The van der Waals surface area contributed by atoms with Gasteiger partial charge in [0, 0.05) is 13.1 Å². The first-order chi connectivity index (χ1) is 6.24. The van der Waals surface area contributed by atoms with Crippen molar-refractivity contribution in [2.45, 2.75) is 33.2 Å². The van der Waals surface area contributed by atoms with E-state index < -0.39 is 12.5 Å². The summed E-state index contributed by atoms with van der Waals surface area (Å²) in [5.74, 6) is 0. The van der Waals surface area contributed by atoms with Gasteiger partial charge in [-0.1, -0.05) is 13.8 Å². The second-order valence-electron chi connectivity index (χ2n) is 4.91. The minimum atomic E-state index is -2.29. The molecule has 0 fully saturated rings. The van der Waals surface area contributed by atoms with E-state index in [1.165, 1.54) is 6.92 Å². The molecule has 86 valence electrons. The maximum Gasteiger partial charge on any atom is 0.253 e. The second-order valence-corrected chi connectivity index (χ2v) is 4.91. The molecular formula is C10H22F2N2. The van der Waals surface area contributed by atoms with Gasteiger partial charge >= 0.3 is 0 Å². The Kier molecular flexibility index (Phi) is 5.52. The third-order valence-electron chi connectivity index (χ3n) is 2.02. The van der Waals surface area contributed by atoms with E-state index in [2.05, 4.69) is 24.1 Å². The van der Waals surface area contributed by atoms with Crippen LogP contribution < -0.4 is 5.32 Å². The zero-order valence-electron chi connectivity index (χ0n) is 9.77. The van der Waals surface area contributed by atoms with E-state index in [0.29, 0.717) is 6.54 Å². The highest BCUT2D eigenvalue weighted by Gasteiger charge is 2.22. The Morgan fingerprint density at radius 1 is 1.29 bits per heavy atom. The topological polar surface area (TPSA) is 15.3 Å². The Bertz CT molecular complexity index is 158. The SMILES string of the molecule is CC(NCC(C)(C)CN(C)C)C(F)F. The number of alkyl halides is 2. The van der Waals surface area contributed by atoms with Gasteiger partial charge in [0.25, 0.3) is 6.43 Å². The van der Waals surface area contributed by atoms with Crippen LogP contribution in [-0.4, -0.2) is 44.6 Å². The van der Waals surface area contributed by atoms with Crippen molar-refractivity contribution in [3.05, 3.63) is 0 Å². The van der Waals surface area contributed by atoms with Crippen LogP contribution in [0.15, 0.2) is 0 Å². The molecule has 0 bridgehead atoms. The molecule has 0 aromatic rings. The molecule has 1 unspecified atom stereocenters. The molecule has 0 rings (SSSR count). The summed E-state index contributed by atoms with van der Waals surface area (Å²) in [5.41, 5.74) is 0.0205. The molecule has 0 heterocycles. The van der Waals surface area contributed by atoms with Gasteiger partial charge in [0.15, 0.2) is 0 Å². The van der Waals surface area contributed by atoms with Gasteiger partial charge in [-0.05, 0) is 26.4 Å². The van der Waals surface area contributed by atoms with Gasteiger partial charge in [0.05, 0.1) is 6.04 Å². The van der Waals surface area contributed by atoms with E-state index in [9.17, 15) is 8.78 Å². The minimum absolute atomic E-state index is 0.0205. The fourth-order valence-corrected chi connectivity index (χ4v) is 1.44. The van der Waals surface area contributed by atoms with Crippen LogP contribution in [-0.2, 0) is 0 Å². The van der Waals surface area contributed by atoms with Gasteiger partial charge in [-0.15, -0.1) is 0 Å². The summed E-state index contributed by atoms with van der Waals surface area (Å²) in [7, 11) is 3.97. The summed E-state index contributed by atoms with van der Waals surface area (Å²) in [5, 5.41) is 2.85. The van der Waals surface area contributed by atoms with E-state index in [4.69, 9.17) is 0 Å². The van der Waals surface area contributed by atoms with Gasteiger partial charge < -0.3 is 10.2 Å². The first-order valence-corrected chi connectivity index (χ1v) is 4.91.